The molecule has 1 aliphatic heterocycles. The van der Waals surface area contributed by atoms with Crippen LogP contribution in [0.25, 0.3) is 21.9 Å². The summed E-state index contributed by atoms with van der Waals surface area (Å²) in [5.74, 6) is 1.09. The number of nitrogens with zero attached hydrogens (tertiary/aromatic N) is 4. The van der Waals surface area contributed by atoms with Gasteiger partial charge in [0.15, 0.2) is 0 Å². The number of benzene rings is 1. The second-order valence-electron chi connectivity index (χ2n) is 6.77. The summed E-state index contributed by atoms with van der Waals surface area (Å²) >= 11 is 6.46. The molecule has 1 saturated heterocycles. The third-order valence-electron chi connectivity index (χ3n) is 5.04. The van der Waals surface area contributed by atoms with E-state index in [1.54, 1.807) is 6.20 Å². The van der Waals surface area contributed by atoms with Crippen LogP contribution in [0.15, 0.2) is 49.1 Å². The van der Waals surface area contributed by atoms with Crippen LogP contribution in [0, 0.1) is 0 Å². The van der Waals surface area contributed by atoms with Gasteiger partial charge in [0.1, 0.15) is 41.4 Å². The summed E-state index contributed by atoms with van der Waals surface area (Å²) in [6, 6.07) is 9.60. The van der Waals surface area contributed by atoms with Crippen LogP contribution in [0.4, 0.5) is 5.82 Å². The Bertz CT molecular complexity index is 1160. The molecule has 1 aliphatic rings. The second kappa shape index (κ2) is 6.92. The minimum absolute atomic E-state index is 0.0304. The molecule has 8 heteroatoms. The molecule has 4 heterocycles. The van der Waals surface area contributed by atoms with Gasteiger partial charge in [-0.2, -0.15) is 0 Å². The van der Waals surface area contributed by atoms with E-state index < -0.39 is 0 Å². The molecule has 3 aromatic heterocycles. The van der Waals surface area contributed by atoms with Gasteiger partial charge in [-0.15, -0.1) is 0 Å². The lowest BCUT2D eigenvalue weighted by atomic mass is 10.2. The number of hydrogen-bond donors (Lipinski definition) is 1. The van der Waals surface area contributed by atoms with Crippen molar-refractivity contribution in [2.75, 3.05) is 12.3 Å². The molecule has 0 radical (unpaired) electrons. The molecule has 0 bridgehead atoms. The lowest BCUT2D eigenvalue weighted by molar-refractivity contribution is -0.0155. The van der Waals surface area contributed by atoms with E-state index in [2.05, 4.69) is 15.0 Å². The van der Waals surface area contributed by atoms with Gasteiger partial charge in [-0.05, 0) is 37.1 Å². The van der Waals surface area contributed by atoms with E-state index in [-0.39, 0.29) is 12.3 Å². The highest BCUT2D eigenvalue weighted by Gasteiger charge is 2.28. The number of anilines is 1. The largest absolute Gasteiger partial charge is 0.489 e. The molecule has 0 spiro atoms. The number of hydrogen-bond acceptors (Lipinski definition) is 6. The van der Waals surface area contributed by atoms with Crippen LogP contribution in [0.2, 0.25) is 5.02 Å². The van der Waals surface area contributed by atoms with Crippen molar-refractivity contribution in [3.63, 3.8) is 0 Å². The number of fused-ring (bicyclic) bond motifs is 2. The fourth-order valence-corrected chi connectivity index (χ4v) is 3.90. The van der Waals surface area contributed by atoms with Crippen LogP contribution in [0.5, 0.6) is 5.75 Å². The number of nitrogen functional groups attached to an aromatic ring is 1. The van der Waals surface area contributed by atoms with E-state index in [0.717, 1.165) is 34.8 Å². The van der Waals surface area contributed by atoms with Crippen LogP contribution in [0.1, 0.15) is 19.1 Å². The summed E-state index contributed by atoms with van der Waals surface area (Å²) in [6.07, 6.45) is 6.75. The molecule has 2 N–H and O–H groups in total. The Labute approximate surface area is 166 Å². The summed E-state index contributed by atoms with van der Waals surface area (Å²) in [5.41, 5.74) is 7.44. The summed E-state index contributed by atoms with van der Waals surface area (Å²) in [5, 5.41) is 2.34. The van der Waals surface area contributed by atoms with Gasteiger partial charge in [-0.3, -0.25) is 4.98 Å². The van der Waals surface area contributed by atoms with E-state index in [4.69, 9.17) is 26.8 Å². The Morgan fingerprint density at radius 1 is 1.18 bits per heavy atom. The molecular formula is C20H18ClN5O2. The molecule has 1 aromatic carbocycles. The fourth-order valence-electron chi connectivity index (χ4n) is 3.62. The first-order valence-corrected chi connectivity index (χ1v) is 9.47. The molecule has 1 fully saturated rings. The predicted molar refractivity (Wildman–Crippen MR) is 107 cm³/mol. The van der Waals surface area contributed by atoms with Crippen molar-refractivity contribution in [2.24, 2.45) is 0 Å². The maximum Gasteiger partial charge on any atom is 0.147 e. The summed E-state index contributed by atoms with van der Waals surface area (Å²) in [7, 11) is 0. The number of ether oxygens (including phenoxy) is 2. The van der Waals surface area contributed by atoms with Gasteiger partial charge in [0.2, 0.25) is 0 Å². The van der Waals surface area contributed by atoms with E-state index in [1.165, 1.54) is 6.33 Å². The number of nitrogens with two attached hydrogens (primary N) is 1. The molecule has 28 heavy (non-hydrogen) atoms. The highest BCUT2D eigenvalue weighted by atomic mass is 35.5. The molecule has 0 aliphatic carbocycles. The molecule has 0 amide bonds. The van der Waals surface area contributed by atoms with Crippen molar-refractivity contribution in [1.82, 2.24) is 19.5 Å². The smallest absolute Gasteiger partial charge is 0.147 e. The van der Waals surface area contributed by atoms with Crippen LogP contribution in [-0.4, -0.2) is 32.2 Å². The molecule has 7 nitrogen and oxygen atoms in total. The summed E-state index contributed by atoms with van der Waals surface area (Å²) in [6.45, 7) is 0.422. The third kappa shape index (κ3) is 2.93. The van der Waals surface area contributed by atoms with E-state index in [9.17, 15) is 0 Å². The van der Waals surface area contributed by atoms with Gasteiger partial charge in [0.05, 0.1) is 17.0 Å². The highest BCUT2D eigenvalue weighted by Crippen LogP contribution is 2.34. The van der Waals surface area contributed by atoms with Gasteiger partial charge < -0.3 is 19.8 Å². The standard InChI is InChI=1S/C20H18ClN5O2/c21-17-15(5-3-12-2-1-8-23-18(12)17)27-10-13-4-6-16(28-13)26-9-7-14-19(22)24-11-25-20(14)26/h1-3,5,7-9,11,13,16H,4,6,10H2,(H2,22,24,25)/t13-,16+/m0/s1. The van der Waals surface area contributed by atoms with E-state index in [1.807, 2.05) is 41.1 Å². The van der Waals surface area contributed by atoms with Crippen LogP contribution in [-0.2, 0) is 4.74 Å². The maximum absolute atomic E-state index is 6.46. The van der Waals surface area contributed by atoms with Crippen molar-refractivity contribution in [3.05, 3.63) is 54.1 Å². The Morgan fingerprint density at radius 2 is 2.11 bits per heavy atom. The zero-order valence-electron chi connectivity index (χ0n) is 15.0. The van der Waals surface area contributed by atoms with Crippen molar-refractivity contribution in [1.29, 1.82) is 0 Å². The molecule has 2 atom stereocenters. The Kier molecular flexibility index (Phi) is 4.26. The minimum atomic E-state index is -0.103. The fraction of sp³-hybridized carbons (Fsp3) is 0.250. The normalized spacial score (nSPS) is 19.5. The number of pyridine rings is 1. The molecule has 142 valence electrons. The summed E-state index contributed by atoms with van der Waals surface area (Å²) < 4.78 is 14.1. The second-order valence-corrected chi connectivity index (χ2v) is 7.15. The van der Waals surface area contributed by atoms with Gasteiger partial charge in [-0.25, -0.2) is 9.97 Å². The monoisotopic (exact) mass is 395 g/mol. The zero-order valence-corrected chi connectivity index (χ0v) is 15.7. The number of aromatic nitrogens is 4. The van der Waals surface area contributed by atoms with E-state index in [0.29, 0.717) is 23.2 Å². The van der Waals surface area contributed by atoms with Gasteiger partial charge in [0, 0.05) is 17.8 Å². The molecular weight excluding hydrogens is 378 g/mol. The molecule has 0 saturated carbocycles. The predicted octanol–water partition coefficient (Wildman–Crippen LogP) is 3.97. The van der Waals surface area contributed by atoms with Gasteiger partial charge in [-0.1, -0.05) is 17.7 Å². The van der Waals surface area contributed by atoms with Crippen molar-refractivity contribution in [2.45, 2.75) is 25.2 Å². The Balaban J connectivity index is 1.29. The third-order valence-corrected chi connectivity index (χ3v) is 5.40. The quantitative estimate of drug-likeness (QED) is 0.562. The SMILES string of the molecule is Nc1ncnc2c1ccn2[C@H]1CC[C@@H](COc2ccc3cccnc3c2Cl)O1. The Morgan fingerprint density at radius 3 is 3.04 bits per heavy atom. The first kappa shape index (κ1) is 17.2. The molecule has 0 unspecified atom stereocenters. The maximum atomic E-state index is 6.46. The minimum Gasteiger partial charge on any atom is -0.489 e. The molecule has 5 rings (SSSR count). The zero-order chi connectivity index (χ0) is 19.1. The molecule has 4 aromatic rings. The van der Waals surface area contributed by atoms with Gasteiger partial charge >= 0.3 is 0 Å². The summed E-state index contributed by atoms with van der Waals surface area (Å²) in [4.78, 5) is 12.7. The highest BCUT2D eigenvalue weighted by molar-refractivity contribution is 6.36. The van der Waals surface area contributed by atoms with Gasteiger partial charge in [0.25, 0.3) is 0 Å². The number of rotatable bonds is 4. The average Bonchev–Trinajstić information content (AvgIpc) is 3.35. The average molecular weight is 396 g/mol. The van der Waals surface area contributed by atoms with Crippen LogP contribution >= 0.6 is 11.6 Å². The van der Waals surface area contributed by atoms with Crippen molar-refractivity contribution < 1.29 is 9.47 Å². The number of halogens is 1. The van der Waals surface area contributed by atoms with Crippen molar-refractivity contribution >= 4 is 39.4 Å². The van der Waals surface area contributed by atoms with Crippen LogP contribution < -0.4 is 10.5 Å². The first-order chi connectivity index (χ1) is 13.7. The van der Waals surface area contributed by atoms with E-state index >= 15 is 0 Å². The topological polar surface area (TPSA) is 88.1 Å². The first-order valence-electron chi connectivity index (χ1n) is 9.09. The Hall–Kier alpha value is -2.90. The van der Waals surface area contributed by atoms with Crippen molar-refractivity contribution in [3.8, 4) is 5.75 Å². The lowest BCUT2D eigenvalue weighted by Crippen LogP contribution is -2.18. The van der Waals surface area contributed by atoms with Crippen LogP contribution in [0.3, 0.4) is 0 Å². The lowest BCUT2D eigenvalue weighted by Gasteiger charge is -2.17.